The Morgan fingerprint density at radius 2 is 1.97 bits per heavy atom. The van der Waals surface area contributed by atoms with E-state index in [0.717, 1.165) is 11.3 Å². The number of carbonyl (C=O) groups is 1. The number of methoxy groups -OCH3 is 1. The van der Waals surface area contributed by atoms with Crippen LogP contribution in [0.15, 0.2) is 53.3 Å². The van der Waals surface area contributed by atoms with Gasteiger partial charge < -0.3 is 9.64 Å². The molecule has 1 aromatic heterocycles. The van der Waals surface area contributed by atoms with Gasteiger partial charge in [-0.1, -0.05) is 18.2 Å². The number of para-hydroxylation sites is 1. The first kappa shape index (κ1) is 22.0. The molecule has 1 aliphatic heterocycles. The minimum atomic E-state index is -0.0382. The lowest BCUT2D eigenvalue weighted by Gasteiger charge is -2.42. The molecule has 7 heteroatoms. The molecule has 4 rings (SSSR count). The van der Waals surface area contributed by atoms with Crippen LogP contribution >= 0.6 is 0 Å². The second-order valence-electron chi connectivity index (χ2n) is 8.29. The molecule has 1 aliphatic rings. The number of nitrogens with zero attached hydrogens (tertiary/aromatic N) is 4. The molecule has 7 nitrogen and oxygen atoms in total. The maximum atomic E-state index is 13.1. The Morgan fingerprint density at radius 3 is 2.69 bits per heavy atom. The molecule has 0 aliphatic carbocycles. The number of hydrogen-bond donors (Lipinski definition) is 0. The summed E-state index contributed by atoms with van der Waals surface area (Å²) in [6, 6.07) is 14.8. The van der Waals surface area contributed by atoms with E-state index in [1.54, 1.807) is 17.7 Å². The molecule has 3 aromatic rings. The highest BCUT2D eigenvalue weighted by Gasteiger charge is 2.32. The van der Waals surface area contributed by atoms with E-state index in [2.05, 4.69) is 18.7 Å². The maximum Gasteiger partial charge on any atom is 0.261 e. The summed E-state index contributed by atoms with van der Waals surface area (Å²) < 4.78 is 7.03. The van der Waals surface area contributed by atoms with Crippen LogP contribution in [0.3, 0.4) is 0 Å². The molecule has 1 fully saturated rings. The molecular weight excluding hydrogens is 404 g/mol. The fourth-order valence-corrected chi connectivity index (χ4v) is 4.53. The second kappa shape index (κ2) is 9.12. The molecule has 2 heterocycles. The molecule has 168 valence electrons. The van der Waals surface area contributed by atoms with E-state index in [1.165, 1.54) is 0 Å². The van der Waals surface area contributed by atoms with Crippen molar-refractivity contribution < 1.29 is 9.53 Å². The maximum absolute atomic E-state index is 13.1. The summed E-state index contributed by atoms with van der Waals surface area (Å²) in [4.78, 5) is 35.2. The van der Waals surface area contributed by atoms with Gasteiger partial charge in [0, 0.05) is 37.8 Å². The van der Waals surface area contributed by atoms with Gasteiger partial charge in [-0.2, -0.15) is 0 Å². The van der Waals surface area contributed by atoms with Gasteiger partial charge in [0.2, 0.25) is 0 Å². The SMILES string of the molecule is CCn1c(C(C)N2CCN(C(=O)c3cccc(OC)c3)C(C)C2)nc2ccccc2c1=O. The van der Waals surface area contributed by atoms with Crippen LogP contribution in [0.2, 0.25) is 0 Å². The van der Waals surface area contributed by atoms with E-state index in [1.807, 2.05) is 54.3 Å². The molecule has 2 atom stereocenters. The molecule has 1 saturated heterocycles. The van der Waals surface area contributed by atoms with Crippen LogP contribution in [0.4, 0.5) is 0 Å². The number of rotatable bonds is 5. The second-order valence-corrected chi connectivity index (χ2v) is 8.29. The van der Waals surface area contributed by atoms with Gasteiger partial charge in [-0.15, -0.1) is 0 Å². The zero-order chi connectivity index (χ0) is 22.8. The van der Waals surface area contributed by atoms with E-state index in [4.69, 9.17) is 9.72 Å². The van der Waals surface area contributed by atoms with Crippen molar-refractivity contribution >= 4 is 16.8 Å². The third-order valence-corrected chi connectivity index (χ3v) is 6.37. The minimum Gasteiger partial charge on any atom is -0.497 e. The first-order chi connectivity index (χ1) is 15.4. The largest absolute Gasteiger partial charge is 0.497 e. The Kier molecular flexibility index (Phi) is 6.28. The van der Waals surface area contributed by atoms with Crippen molar-refractivity contribution in [2.75, 3.05) is 26.7 Å². The van der Waals surface area contributed by atoms with Gasteiger partial charge in [-0.25, -0.2) is 4.98 Å². The molecule has 0 saturated carbocycles. The van der Waals surface area contributed by atoms with Crippen molar-refractivity contribution in [3.63, 3.8) is 0 Å². The predicted octanol–water partition coefficient (Wildman–Crippen LogP) is 3.33. The van der Waals surface area contributed by atoms with E-state index < -0.39 is 0 Å². The lowest BCUT2D eigenvalue weighted by atomic mass is 10.1. The predicted molar refractivity (Wildman–Crippen MR) is 125 cm³/mol. The summed E-state index contributed by atoms with van der Waals surface area (Å²) in [7, 11) is 1.60. The topological polar surface area (TPSA) is 67.7 Å². The average molecular weight is 435 g/mol. The number of aromatic nitrogens is 2. The van der Waals surface area contributed by atoms with Gasteiger partial charge in [0.1, 0.15) is 11.6 Å². The molecular formula is C25H30N4O3. The zero-order valence-corrected chi connectivity index (χ0v) is 19.1. The average Bonchev–Trinajstić information content (AvgIpc) is 2.83. The monoisotopic (exact) mass is 434 g/mol. The highest BCUT2D eigenvalue weighted by atomic mass is 16.5. The summed E-state index contributed by atoms with van der Waals surface area (Å²) in [6.45, 7) is 8.75. The Balaban J connectivity index is 1.56. The van der Waals surface area contributed by atoms with E-state index >= 15 is 0 Å². The number of carbonyl (C=O) groups excluding carboxylic acids is 1. The summed E-state index contributed by atoms with van der Waals surface area (Å²) >= 11 is 0. The van der Waals surface area contributed by atoms with Gasteiger partial charge in [0.15, 0.2) is 0 Å². The van der Waals surface area contributed by atoms with Gasteiger partial charge in [0.25, 0.3) is 11.5 Å². The molecule has 0 N–H and O–H groups in total. The standard InChI is InChI=1S/C25H30N4O3/c1-5-28-23(26-22-12-7-6-11-21(22)25(28)31)18(3)27-13-14-29(17(2)16-27)24(30)19-9-8-10-20(15-19)32-4/h6-12,15,17-18H,5,13-14,16H2,1-4H3. The van der Waals surface area contributed by atoms with Gasteiger partial charge in [-0.3, -0.25) is 19.1 Å². The summed E-state index contributed by atoms with van der Waals surface area (Å²) in [5.41, 5.74) is 1.36. The van der Waals surface area contributed by atoms with Crippen molar-refractivity contribution in [3.8, 4) is 5.75 Å². The van der Waals surface area contributed by atoms with Crippen LogP contribution in [0.5, 0.6) is 5.75 Å². The van der Waals surface area contributed by atoms with E-state index in [-0.39, 0.29) is 23.6 Å². The van der Waals surface area contributed by atoms with Crippen molar-refractivity contribution in [1.82, 2.24) is 19.4 Å². The Morgan fingerprint density at radius 1 is 1.19 bits per heavy atom. The molecule has 0 spiro atoms. The number of fused-ring (bicyclic) bond motifs is 1. The van der Waals surface area contributed by atoms with Crippen molar-refractivity contribution in [3.05, 3.63) is 70.3 Å². The first-order valence-electron chi connectivity index (χ1n) is 11.1. The molecule has 2 unspecified atom stereocenters. The number of piperazine rings is 1. The van der Waals surface area contributed by atoms with Crippen LogP contribution in [-0.4, -0.2) is 58.0 Å². The number of benzene rings is 2. The van der Waals surface area contributed by atoms with Crippen LogP contribution < -0.4 is 10.3 Å². The van der Waals surface area contributed by atoms with Crippen molar-refractivity contribution in [1.29, 1.82) is 0 Å². The van der Waals surface area contributed by atoms with E-state index in [9.17, 15) is 9.59 Å². The molecule has 0 radical (unpaired) electrons. The Labute approximate surface area is 188 Å². The highest BCUT2D eigenvalue weighted by Crippen LogP contribution is 2.25. The quantitative estimate of drug-likeness (QED) is 0.616. The highest BCUT2D eigenvalue weighted by molar-refractivity contribution is 5.95. The molecule has 32 heavy (non-hydrogen) atoms. The van der Waals surface area contributed by atoms with Crippen LogP contribution in [-0.2, 0) is 6.54 Å². The molecule has 1 amide bonds. The summed E-state index contributed by atoms with van der Waals surface area (Å²) in [5, 5.41) is 0.646. The summed E-state index contributed by atoms with van der Waals surface area (Å²) in [6.07, 6.45) is 0. The normalized spacial score (nSPS) is 18.0. The third-order valence-electron chi connectivity index (χ3n) is 6.37. The zero-order valence-electron chi connectivity index (χ0n) is 19.1. The van der Waals surface area contributed by atoms with E-state index in [0.29, 0.717) is 42.9 Å². The van der Waals surface area contributed by atoms with Gasteiger partial charge in [0.05, 0.1) is 24.1 Å². The Hall–Kier alpha value is -3.19. The third kappa shape index (κ3) is 4.00. The van der Waals surface area contributed by atoms with Crippen molar-refractivity contribution in [2.45, 2.75) is 39.4 Å². The molecule has 0 bridgehead atoms. The van der Waals surface area contributed by atoms with Crippen LogP contribution in [0, 0.1) is 0 Å². The Bertz CT molecular complexity index is 1190. The van der Waals surface area contributed by atoms with Gasteiger partial charge >= 0.3 is 0 Å². The van der Waals surface area contributed by atoms with Gasteiger partial charge in [-0.05, 0) is 51.1 Å². The lowest BCUT2D eigenvalue weighted by molar-refractivity contribution is 0.0391. The summed E-state index contributed by atoms with van der Waals surface area (Å²) in [5.74, 6) is 1.46. The number of ether oxygens (including phenoxy) is 1. The first-order valence-corrected chi connectivity index (χ1v) is 11.1. The van der Waals surface area contributed by atoms with Crippen LogP contribution in [0.25, 0.3) is 10.9 Å². The number of hydrogen-bond acceptors (Lipinski definition) is 5. The fourth-order valence-electron chi connectivity index (χ4n) is 4.53. The smallest absolute Gasteiger partial charge is 0.261 e. The minimum absolute atomic E-state index is 0.000151. The van der Waals surface area contributed by atoms with Crippen molar-refractivity contribution in [2.24, 2.45) is 0 Å². The van der Waals surface area contributed by atoms with Crippen LogP contribution in [0.1, 0.15) is 43.0 Å². The lowest BCUT2D eigenvalue weighted by Crippen LogP contribution is -2.54. The number of amides is 1. The fraction of sp³-hybridized carbons (Fsp3) is 0.400. The molecule has 2 aromatic carbocycles.